The van der Waals surface area contributed by atoms with Gasteiger partial charge in [0.15, 0.2) is 0 Å². The molecule has 3 fully saturated rings. The summed E-state index contributed by atoms with van der Waals surface area (Å²) in [5.41, 5.74) is 1.35. The van der Waals surface area contributed by atoms with Crippen LogP contribution in [-0.2, 0) is 15.1 Å². The molecule has 2 unspecified atom stereocenters. The van der Waals surface area contributed by atoms with Gasteiger partial charge in [0.05, 0.1) is 34.1 Å². The van der Waals surface area contributed by atoms with Crippen LogP contribution in [0.15, 0.2) is 36.7 Å². The normalized spacial score (nSPS) is 19.6. The van der Waals surface area contributed by atoms with Gasteiger partial charge in [-0.15, -0.1) is 5.10 Å². The van der Waals surface area contributed by atoms with E-state index in [1.165, 1.54) is 24.4 Å². The number of pyridine rings is 2. The predicted octanol–water partition coefficient (Wildman–Crippen LogP) is 4.97. The number of hydrogen-bond donors (Lipinski definition) is 2. The van der Waals surface area contributed by atoms with Crippen molar-refractivity contribution in [1.29, 1.82) is 10.5 Å². The summed E-state index contributed by atoms with van der Waals surface area (Å²) >= 11 is 0. The molecule has 0 radical (unpaired) electrons. The molecule has 3 heterocycles. The van der Waals surface area contributed by atoms with Gasteiger partial charge in [-0.2, -0.15) is 14.9 Å². The first-order valence-corrected chi connectivity index (χ1v) is 14.9. The van der Waals surface area contributed by atoms with Crippen molar-refractivity contribution in [1.82, 2.24) is 25.0 Å². The number of amides is 1. The Morgan fingerprint density at radius 2 is 1.87 bits per heavy atom. The highest BCUT2D eigenvalue weighted by Gasteiger charge is 2.59. The zero-order valence-electron chi connectivity index (χ0n) is 26.0. The zero-order valence-corrected chi connectivity index (χ0v) is 26.0. The Morgan fingerprint density at radius 3 is 2.43 bits per heavy atom. The number of benzene rings is 1. The Balaban J connectivity index is 1.61. The Labute approximate surface area is 264 Å². The summed E-state index contributed by atoms with van der Waals surface area (Å²) in [6.07, 6.45) is 5.96. The first-order valence-electron chi connectivity index (χ1n) is 14.9. The first-order chi connectivity index (χ1) is 21.8. The molecule has 1 aromatic carbocycles. The molecular formula is C33H32FN9O3. The molecule has 3 aliphatic carbocycles. The maximum absolute atomic E-state index is 14.2. The third kappa shape index (κ3) is 4.98. The van der Waals surface area contributed by atoms with Gasteiger partial charge < -0.3 is 10.4 Å². The van der Waals surface area contributed by atoms with Gasteiger partial charge in [-0.25, -0.2) is 14.5 Å². The number of fused-ring (bicyclic) bond motifs is 1. The lowest BCUT2D eigenvalue weighted by Crippen LogP contribution is -2.59. The smallest absolute Gasteiger partial charge is 0.395 e. The molecule has 2 N–H and O–H groups in total. The predicted molar refractivity (Wildman–Crippen MR) is 165 cm³/mol. The van der Waals surface area contributed by atoms with E-state index in [1.807, 2.05) is 27.7 Å². The fourth-order valence-corrected chi connectivity index (χ4v) is 6.28. The van der Waals surface area contributed by atoms with E-state index in [2.05, 4.69) is 37.7 Å². The molecule has 2 atom stereocenters. The molecular weight excluding hydrogens is 589 g/mol. The zero-order chi connectivity index (χ0) is 33.1. The largest absolute Gasteiger partial charge is 0.474 e. The maximum atomic E-state index is 14.2. The minimum Gasteiger partial charge on any atom is -0.474 e. The van der Waals surface area contributed by atoms with Crippen LogP contribution in [0.2, 0.25) is 0 Å². The average molecular weight is 622 g/mol. The van der Waals surface area contributed by atoms with Crippen molar-refractivity contribution in [2.75, 3.05) is 10.2 Å². The van der Waals surface area contributed by atoms with E-state index in [0.717, 1.165) is 30.2 Å². The van der Waals surface area contributed by atoms with Crippen LogP contribution >= 0.6 is 0 Å². The minimum atomic E-state index is -1.76. The number of nitriles is 2. The van der Waals surface area contributed by atoms with Crippen LogP contribution in [0.3, 0.4) is 0 Å². The van der Waals surface area contributed by atoms with Crippen LogP contribution < -0.4 is 10.2 Å². The first kappa shape index (κ1) is 30.6. The third-order valence-electron chi connectivity index (χ3n) is 9.47. The lowest BCUT2D eigenvalue weighted by molar-refractivity contribution is -0.149. The molecule has 1 amide bonds. The summed E-state index contributed by atoms with van der Waals surface area (Å²) in [7, 11) is 0. The summed E-state index contributed by atoms with van der Waals surface area (Å²) in [6, 6.07) is 8.37. The monoisotopic (exact) mass is 621 g/mol. The van der Waals surface area contributed by atoms with Crippen LogP contribution in [-0.4, -0.2) is 48.0 Å². The number of nitrogens with one attached hydrogen (secondary N) is 1. The van der Waals surface area contributed by atoms with Gasteiger partial charge in [0.2, 0.25) is 5.95 Å². The van der Waals surface area contributed by atoms with Gasteiger partial charge >= 0.3 is 11.9 Å². The number of hydrogen-bond acceptors (Lipinski definition) is 9. The third-order valence-corrected chi connectivity index (χ3v) is 9.47. The molecule has 0 spiro atoms. The van der Waals surface area contributed by atoms with Gasteiger partial charge in [-0.05, 0) is 62.6 Å². The summed E-state index contributed by atoms with van der Waals surface area (Å²) in [4.78, 5) is 35.5. The minimum absolute atomic E-state index is 0.0357. The molecule has 7 rings (SSSR count). The van der Waals surface area contributed by atoms with Crippen LogP contribution in [0.25, 0.3) is 10.9 Å². The SMILES string of the molecule is Cc1nc(F)ccc1C(c1cn(C23CC(C2)C3)nn1)N(C(=O)C(=O)O)c1cc(C#N)c2ncc(C#N)c(NC(C)C(C)(C)C)c2c1. The van der Waals surface area contributed by atoms with Gasteiger partial charge in [-0.3, -0.25) is 14.7 Å². The van der Waals surface area contributed by atoms with E-state index in [1.54, 1.807) is 17.8 Å². The summed E-state index contributed by atoms with van der Waals surface area (Å²) in [5, 5.41) is 42.8. The van der Waals surface area contributed by atoms with Gasteiger partial charge in [0.1, 0.15) is 23.9 Å². The number of halogens is 1. The highest BCUT2D eigenvalue weighted by Crippen LogP contribution is 2.62. The van der Waals surface area contributed by atoms with Crippen LogP contribution in [0.5, 0.6) is 0 Å². The van der Waals surface area contributed by atoms with Crippen molar-refractivity contribution < 1.29 is 19.1 Å². The highest BCUT2D eigenvalue weighted by molar-refractivity contribution is 6.37. The van der Waals surface area contributed by atoms with E-state index in [0.29, 0.717) is 22.6 Å². The Bertz CT molecular complexity index is 1990. The lowest BCUT2D eigenvalue weighted by Gasteiger charge is -2.61. The molecule has 3 aromatic heterocycles. The fourth-order valence-electron chi connectivity index (χ4n) is 6.28. The van der Waals surface area contributed by atoms with E-state index >= 15 is 0 Å². The van der Waals surface area contributed by atoms with Crippen LogP contribution in [0.1, 0.15) is 81.1 Å². The van der Waals surface area contributed by atoms with Gasteiger partial charge in [0, 0.05) is 34.6 Å². The molecule has 13 heteroatoms. The summed E-state index contributed by atoms with van der Waals surface area (Å²) in [6.45, 7) is 9.61. The average Bonchev–Trinajstić information content (AvgIpc) is 3.42. The molecule has 12 nitrogen and oxygen atoms in total. The molecule has 3 saturated carbocycles. The second-order valence-corrected chi connectivity index (χ2v) is 13.4. The van der Waals surface area contributed by atoms with E-state index in [9.17, 15) is 29.6 Å². The number of aliphatic carboxylic acids is 1. The lowest BCUT2D eigenvalue weighted by atomic mass is 9.50. The molecule has 2 bridgehead atoms. The Morgan fingerprint density at radius 1 is 1.17 bits per heavy atom. The molecule has 234 valence electrons. The number of carboxylic acids is 1. The van der Waals surface area contributed by atoms with Crippen molar-refractivity contribution >= 4 is 34.2 Å². The number of carbonyl (C=O) groups is 2. The van der Waals surface area contributed by atoms with Crippen molar-refractivity contribution in [3.63, 3.8) is 0 Å². The van der Waals surface area contributed by atoms with Crippen molar-refractivity contribution in [2.24, 2.45) is 11.3 Å². The number of nitrogens with zero attached hydrogens (tertiary/aromatic N) is 8. The second-order valence-electron chi connectivity index (χ2n) is 13.4. The quantitative estimate of drug-likeness (QED) is 0.212. The number of aryl methyl sites for hydroxylation is 1. The number of anilines is 2. The summed E-state index contributed by atoms with van der Waals surface area (Å²) < 4.78 is 16.0. The number of rotatable bonds is 7. The number of aromatic nitrogens is 5. The standard InChI is InChI=1S/C33H32FN9O3/c1-17-23(6-7-26(34)38-17)29(25-16-42(41-40-25)33-10-19(11-33)12-33)43(30(44)31(45)46)22-8-20(13-35)27-24(9-22)28(21(14-36)15-37-27)39-18(2)32(3,4)5/h6-9,15-16,18-19,29H,10-12H2,1-5H3,(H,37,39)(H,45,46). The topological polar surface area (TPSA) is 174 Å². The Kier molecular flexibility index (Phi) is 7.23. The molecule has 0 aliphatic heterocycles. The molecule has 4 aromatic rings. The van der Waals surface area contributed by atoms with Crippen molar-refractivity contribution in [3.8, 4) is 12.1 Å². The number of carboxylic acid groups (broad SMARTS) is 1. The van der Waals surface area contributed by atoms with Crippen molar-refractivity contribution in [2.45, 2.75) is 71.5 Å². The molecule has 3 aliphatic rings. The van der Waals surface area contributed by atoms with E-state index in [4.69, 9.17) is 0 Å². The fraction of sp³-hybridized carbons (Fsp3) is 0.394. The van der Waals surface area contributed by atoms with Gasteiger partial charge in [0.25, 0.3) is 0 Å². The van der Waals surface area contributed by atoms with Crippen molar-refractivity contribution in [3.05, 3.63) is 70.7 Å². The van der Waals surface area contributed by atoms with Crippen LogP contribution in [0, 0.1) is 46.9 Å². The highest BCUT2D eigenvalue weighted by atomic mass is 19.1. The molecule has 46 heavy (non-hydrogen) atoms. The van der Waals surface area contributed by atoms with Crippen LogP contribution in [0.4, 0.5) is 15.8 Å². The molecule has 0 saturated heterocycles. The van der Waals surface area contributed by atoms with Gasteiger partial charge in [-0.1, -0.05) is 32.1 Å². The van der Waals surface area contributed by atoms with E-state index < -0.39 is 23.9 Å². The number of carbonyl (C=O) groups excluding carboxylic acids is 1. The summed E-state index contributed by atoms with van der Waals surface area (Å²) in [5.74, 6) is -3.18. The Hall–Kier alpha value is -5.43. The van der Waals surface area contributed by atoms with E-state index in [-0.39, 0.29) is 50.7 Å². The second kappa shape index (κ2) is 10.9. The maximum Gasteiger partial charge on any atom is 0.395 e.